The quantitative estimate of drug-likeness (QED) is 0.198. The number of anilines is 3. The number of aryl methyl sites for hydroxylation is 1. The molecule has 1 aliphatic carbocycles. The maximum atomic E-state index is 13.7. The molecule has 1 saturated heterocycles. The minimum absolute atomic E-state index is 0.0124. The van der Waals surface area contributed by atoms with E-state index in [2.05, 4.69) is 40.1 Å². The molecule has 0 radical (unpaired) electrons. The number of aromatic nitrogens is 1. The number of rotatable bonds is 8. The Hall–Kier alpha value is -4.63. The van der Waals surface area contributed by atoms with Crippen molar-refractivity contribution in [3.63, 3.8) is 0 Å². The topological polar surface area (TPSA) is 86.8 Å². The Balaban J connectivity index is 1.12. The highest BCUT2D eigenvalue weighted by molar-refractivity contribution is 7.21. The van der Waals surface area contributed by atoms with E-state index >= 15 is 0 Å². The Kier molecular flexibility index (Phi) is 7.34. The van der Waals surface area contributed by atoms with Gasteiger partial charge in [0.15, 0.2) is 0 Å². The van der Waals surface area contributed by atoms with Crippen molar-refractivity contribution in [3.05, 3.63) is 95.2 Å². The fraction of sp³-hybridized carbons (Fsp3) is 0.286. The minimum atomic E-state index is -0.324. The number of hydrogen-bond acceptors (Lipinski definition) is 6. The van der Waals surface area contributed by atoms with Gasteiger partial charge in [0.05, 0.1) is 22.4 Å². The molecule has 2 aromatic carbocycles. The standard InChI is InChI=1S/C35H35N5O3S/c1-21(18-24-11-12-24)23(3)39-17-7-8-25(20-39)37-33(41)32-31-30-29(15-16-36-34(30)44-32)40(35(42)38-31)28-14-13-27(19-22(28)2)43-26-9-5-4-6-10-26/h4-6,9-10,13-16,18-19,24-25H,3,7-8,11-12,17,20H2,1-2H3,(H,37,41)(H,38,42)/b21-18+/t25-/m1/s1. The van der Waals surface area contributed by atoms with Gasteiger partial charge in [0.25, 0.3) is 5.91 Å². The van der Waals surface area contributed by atoms with Crippen LogP contribution in [0.25, 0.3) is 10.2 Å². The summed E-state index contributed by atoms with van der Waals surface area (Å²) < 4.78 is 6.00. The first-order valence-electron chi connectivity index (χ1n) is 15.2. The van der Waals surface area contributed by atoms with Crippen LogP contribution in [0.5, 0.6) is 11.5 Å². The molecule has 1 saturated carbocycles. The van der Waals surface area contributed by atoms with Gasteiger partial charge in [0.2, 0.25) is 0 Å². The van der Waals surface area contributed by atoms with Gasteiger partial charge in [-0.3, -0.25) is 9.69 Å². The molecule has 0 bridgehead atoms. The minimum Gasteiger partial charge on any atom is -0.457 e. The third kappa shape index (κ3) is 5.43. The summed E-state index contributed by atoms with van der Waals surface area (Å²) in [5.41, 5.74) is 5.10. The van der Waals surface area contributed by atoms with Gasteiger partial charge in [0.1, 0.15) is 21.2 Å². The lowest BCUT2D eigenvalue weighted by molar-refractivity contribution is 0.0919. The van der Waals surface area contributed by atoms with Crippen molar-refractivity contribution in [2.24, 2.45) is 5.92 Å². The second kappa shape index (κ2) is 11.5. The second-order valence-corrected chi connectivity index (χ2v) is 12.8. The molecule has 1 atom stereocenters. The zero-order chi connectivity index (χ0) is 30.4. The molecular formula is C35H35N5O3S. The van der Waals surface area contributed by atoms with E-state index in [0.717, 1.165) is 47.5 Å². The molecule has 3 amide bonds. The Bertz CT molecular complexity index is 1810. The average Bonchev–Trinajstić information content (AvgIpc) is 3.76. The monoisotopic (exact) mass is 605 g/mol. The number of para-hydroxylation sites is 1. The predicted octanol–water partition coefficient (Wildman–Crippen LogP) is 8.14. The molecule has 0 spiro atoms. The number of pyridine rings is 1. The van der Waals surface area contributed by atoms with Gasteiger partial charge < -0.3 is 20.3 Å². The molecule has 2 aliphatic heterocycles. The number of urea groups is 1. The van der Waals surface area contributed by atoms with Crippen LogP contribution in [-0.2, 0) is 0 Å². The first kappa shape index (κ1) is 28.2. The van der Waals surface area contributed by atoms with Crippen LogP contribution in [0.15, 0.2) is 84.7 Å². The SMILES string of the molecule is C=C(/C(C)=C/C1CC1)N1CCC[C@@H](NC(=O)c2sc3nccc4c3c2NC(=O)N4c2ccc(Oc3ccccc3)cc2C)C1. The Labute approximate surface area is 261 Å². The smallest absolute Gasteiger partial charge is 0.331 e. The van der Waals surface area contributed by atoms with Crippen molar-refractivity contribution >= 4 is 50.6 Å². The van der Waals surface area contributed by atoms with Crippen LogP contribution in [0.1, 0.15) is 47.8 Å². The number of amides is 3. The highest BCUT2D eigenvalue weighted by Crippen LogP contribution is 2.46. The molecule has 4 heterocycles. The summed E-state index contributed by atoms with van der Waals surface area (Å²) in [6.07, 6.45) is 8.43. The van der Waals surface area contributed by atoms with Gasteiger partial charge in [-0.15, -0.1) is 11.3 Å². The van der Waals surface area contributed by atoms with E-state index in [1.54, 1.807) is 11.1 Å². The van der Waals surface area contributed by atoms with Crippen LogP contribution in [0, 0.1) is 12.8 Å². The van der Waals surface area contributed by atoms with Crippen molar-refractivity contribution in [2.45, 2.75) is 45.6 Å². The van der Waals surface area contributed by atoms with Crippen LogP contribution in [0.4, 0.5) is 21.9 Å². The first-order valence-corrected chi connectivity index (χ1v) is 16.0. The second-order valence-electron chi connectivity index (χ2n) is 11.8. The molecule has 4 aromatic rings. The molecule has 0 unspecified atom stereocenters. The van der Waals surface area contributed by atoms with Crippen LogP contribution in [0.3, 0.4) is 0 Å². The van der Waals surface area contributed by atoms with Gasteiger partial charge in [-0.05, 0) is 93.0 Å². The molecule has 8 nitrogen and oxygen atoms in total. The zero-order valence-corrected chi connectivity index (χ0v) is 25.7. The van der Waals surface area contributed by atoms with Gasteiger partial charge in [-0.1, -0.05) is 30.9 Å². The zero-order valence-electron chi connectivity index (χ0n) is 24.9. The number of nitrogens with one attached hydrogen (secondary N) is 2. The van der Waals surface area contributed by atoms with Gasteiger partial charge >= 0.3 is 6.03 Å². The summed E-state index contributed by atoms with van der Waals surface area (Å²) in [6, 6.07) is 16.7. The number of thiophene rings is 1. The fourth-order valence-electron chi connectivity index (χ4n) is 6.10. The van der Waals surface area contributed by atoms with Crippen LogP contribution < -0.4 is 20.3 Å². The lowest BCUT2D eigenvalue weighted by atomic mass is 10.0. The number of ether oxygens (including phenoxy) is 1. The molecule has 3 aliphatic rings. The molecule has 2 fully saturated rings. The molecule has 7 rings (SSSR count). The summed E-state index contributed by atoms with van der Waals surface area (Å²) in [5.74, 6) is 1.93. The van der Waals surface area contributed by atoms with Crippen molar-refractivity contribution in [2.75, 3.05) is 23.3 Å². The maximum Gasteiger partial charge on any atom is 0.331 e. The van der Waals surface area contributed by atoms with Crippen LogP contribution >= 0.6 is 11.3 Å². The molecule has 44 heavy (non-hydrogen) atoms. The van der Waals surface area contributed by atoms with E-state index in [1.807, 2.05) is 61.5 Å². The number of carbonyl (C=O) groups excluding carboxylic acids is 2. The third-order valence-electron chi connectivity index (χ3n) is 8.54. The number of carbonyl (C=O) groups is 2. The van der Waals surface area contributed by atoms with E-state index in [4.69, 9.17) is 4.74 Å². The van der Waals surface area contributed by atoms with Crippen molar-refractivity contribution < 1.29 is 14.3 Å². The van der Waals surface area contributed by atoms with Crippen molar-refractivity contribution in [1.29, 1.82) is 0 Å². The molecule has 9 heteroatoms. The lowest BCUT2D eigenvalue weighted by Gasteiger charge is -2.36. The van der Waals surface area contributed by atoms with E-state index < -0.39 is 0 Å². The molecule has 224 valence electrons. The van der Waals surface area contributed by atoms with Crippen molar-refractivity contribution in [3.8, 4) is 11.5 Å². The fourth-order valence-corrected chi connectivity index (χ4v) is 7.13. The number of allylic oxidation sites excluding steroid dienone is 2. The van der Waals surface area contributed by atoms with E-state index in [0.29, 0.717) is 39.3 Å². The number of benzene rings is 2. The number of likely N-dealkylation sites (tertiary alicyclic amines) is 1. The van der Waals surface area contributed by atoms with Crippen molar-refractivity contribution in [1.82, 2.24) is 15.2 Å². The Morgan fingerprint density at radius 1 is 1.11 bits per heavy atom. The summed E-state index contributed by atoms with van der Waals surface area (Å²) >= 11 is 1.31. The van der Waals surface area contributed by atoms with Gasteiger partial charge in [-0.2, -0.15) is 0 Å². The molecular weight excluding hydrogens is 570 g/mol. The molecule has 2 N–H and O–H groups in total. The average molecular weight is 606 g/mol. The van der Waals surface area contributed by atoms with Crippen LogP contribution in [-0.4, -0.2) is 41.0 Å². The number of hydrogen-bond donors (Lipinski definition) is 2. The first-order chi connectivity index (χ1) is 21.4. The van der Waals surface area contributed by atoms with E-state index in [1.165, 1.54) is 29.8 Å². The van der Waals surface area contributed by atoms with Crippen LogP contribution in [0.2, 0.25) is 0 Å². The number of piperidine rings is 1. The number of nitrogens with zero attached hydrogens (tertiary/aromatic N) is 3. The van der Waals surface area contributed by atoms with E-state index in [9.17, 15) is 9.59 Å². The summed E-state index contributed by atoms with van der Waals surface area (Å²) in [5, 5.41) is 7.04. The van der Waals surface area contributed by atoms with Gasteiger partial charge in [0, 0.05) is 31.0 Å². The van der Waals surface area contributed by atoms with Gasteiger partial charge in [-0.25, -0.2) is 9.78 Å². The highest BCUT2D eigenvalue weighted by Gasteiger charge is 2.34. The largest absolute Gasteiger partial charge is 0.457 e. The lowest BCUT2D eigenvalue weighted by Crippen LogP contribution is -2.47. The summed E-state index contributed by atoms with van der Waals surface area (Å²) in [4.78, 5) is 37.0. The molecule has 2 aromatic heterocycles. The maximum absolute atomic E-state index is 13.7. The summed E-state index contributed by atoms with van der Waals surface area (Å²) in [6.45, 7) is 10.1. The normalized spacial score (nSPS) is 18.3. The predicted molar refractivity (Wildman–Crippen MR) is 176 cm³/mol. The Morgan fingerprint density at radius 2 is 1.93 bits per heavy atom. The summed E-state index contributed by atoms with van der Waals surface area (Å²) in [7, 11) is 0. The van der Waals surface area contributed by atoms with E-state index in [-0.39, 0.29) is 18.0 Å². The Morgan fingerprint density at radius 3 is 2.70 bits per heavy atom. The third-order valence-corrected chi connectivity index (χ3v) is 9.64. The highest BCUT2D eigenvalue weighted by atomic mass is 32.1.